The van der Waals surface area contributed by atoms with Gasteiger partial charge in [0, 0.05) is 25.4 Å². The summed E-state index contributed by atoms with van der Waals surface area (Å²) < 4.78 is 0. The van der Waals surface area contributed by atoms with E-state index < -0.39 is 35.2 Å². The second kappa shape index (κ2) is 12.9. The van der Waals surface area contributed by atoms with Gasteiger partial charge in [0.2, 0.25) is 23.5 Å². The molecule has 1 aromatic carbocycles. The highest BCUT2D eigenvalue weighted by Crippen LogP contribution is 2.61. The van der Waals surface area contributed by atoms with Gasteiger partial charge in [0.05, 0.1) is 0 Å². The average Bonchev–Trinajstić information content (AvgIpc) is 3.58. The lowest BCUT2D eigenvalue weighted by atomic mass is 9.49. The molecule has 5 atom stereocenters. The minimum atomic E-state index is -1.05. The summed E-state index contributed by atoms with van der Waals surface area (Å²) in [6.07, 6.45) is 12.4. The third-order valence-corrected chi connectivity index (χ3v) is 12.6. The first kappa shape index (κ1) is 33.3. The molecular formula is C39H54N4O5. The molecule has 1 heterocycles. The molecule has 6 saturated carbocycles. The summed E-state index contributed by atoms with van der Waals surface area (Å²) >= 11 is 0. The van der Waals surface area contributed by atoms with E-state index in [2.05, 4.69) is 16.0 Å². The van der Waals surface area contributed by atoms with Gasteiger partial charge in [0.15, 0.2) is 0 Å². The molecule has 6 aliphatic carbocycles. The molecule has 1 aromatic rings. The lowest BCUT2D eigenvalue weighted by Crippen LogP contribution is -2.60. The Morgan fingerprint density at radius 2 is 1.52 bits per heavy atom. The van der Waals surface area contributed by atoms with Crippen molar-refractivity contribution in [1.82, 2.24) is 20.9 Å². The highest BCUT2D eigenvalue weighted by atomic mass is 16.2. The van der Waals surface area contributed by atoms with Crippen molar-refractivity contribution in [3.05, 3.63) is 35.9 Å². The predicted octanol–water partition coefficient (Wildman–Crippen LogP) is 4.33. The van der Waals surface area contributed by atoms with E-state index in [9.17, 15) is 24.0 Å². The molecule has 1 aliphatic heterocycles. The number of ketones is 1. The van der Waals surface area contributed by atoms with Crippen LogP contribution < -0.4 is 16.0 Å². The van der Waals surface area contributed by atoms with Crippen LogP contribution in [0.4, 0.5) is 0 Å². The van der Waals surface area contributed by atoms with Crippen molar-refractivity contribution < 1.29 is 24.0 Å². The van der Waals surface area contributed by atoms with Crippen LogP contribution in [0.1, 0.15) is 103 Å². The summed E-state index contributed by atoms with van der Waals surface area (Å²) in [7, 11) is 0. The molecule has 48 heavy (non-hydrogen) atoms. The zero-order chi connectivity index (χ0) is 33.8. The zero-order valence-electron chi connectivity index (χ0n) is 29.0. The Kier molecular flexibility index (Phi) is 8.95. The summed E-state index contributed by atoms with van der Waals surface area (Å²) in [4.78, 5) is 70.8. The van der Waals surface area contributed by atoms with Crippen LogP contribution in [-0.4, -0.2) is 65.0 Å². The number of nitrogens with zero attached hydrogens (tertiary/aromatic N) is 1. The molecule has 4 amide bonds. The molecule has 3 N–H and O–H groups in total. The number of nitrogens with one attached hydrogen (secondary N) is 3. The van der Waals surface area contributed by atoms with Crippen LogP contribution in [0.2, 0.25) is 0 Å². The molecule has 0 unspecified atom stereocenters. The largest absolute Gasteiger partial charge is 0.347 e. The molecule has 9 heteroatoms. The minimum absolute atomic E-state index is 0.0178. The van der Waals surface area contributed by atoms with E-state index in [1.165, 1.54) is 19.3 Å². The molecule has 4 bridgehead atoms. The van der Waals surface area contributed by atoms with Crippen LogP contribution >= 0.6 is 0 Å². The fraction of sp³-hybridized carbons (Fsp3) is 0.718. The Balaban J connectivity index is 1.08. The molecule has 7 aliphatic rings. The highest BCUT2D eigenvalue weighted by molar-refractivity contribution is 6.38. The van der Waals surface area contributed by atoms with Crippen molar-refractivity contribution >= 4 is 29.4 Å². The number of carbonyl (C=O) groups is 5. The van der Waals surface area contributed by atoms with Crippen LogP contribution in [-0.2, 0) is 30.4 Å². The maximum absolute atomic E-state index is 14.6. The van der Waals surface area contributed by atoms with Gasteiger partial charge < -0.3 is 20.9 Å². The van der Waals surface area contributed by atoms with Gasteiger partial charge in [-0.05, 0) is 110 Å². The van der Waals surface area contributed by atoms with Gasteiger partial charge in [-0.2, -0.15) is 0 Å². The fourth-order valence-electron chi connectivity index (χ4n) is 10.7. The first-order chi connectivity index (χ1) is 22.9. The number of hydrogen-bond acceptors (Lipinski definition) is 5. The molecule has 0 spiro atoms. The predicted molar refractivity (Wildman–Crippen MR) is 181 cm³/mol. The van der Waals surface area contributed by atoms with E-state index in [4.69, 9.17) is 0 Å². The third-order valence-electron chi connectivity index (χ3n) is 12.6. The van der Waals surface area contributed by atoms with Crippen LogP contribution in [0.25, 0.3) is 0 Å². The lowest BCUT2D eigenvalue weighted by molar-refractivity contribution is -0.146. The Hall–Kier alpha value is -3.23. The molecule has 0 aromatic heterocycles. The van der Waals surface area contributed by atoms with E-state index in [0.717, 1.165) is 74.7 Å². The van der Waals surface area contributed by atoms with Gasteiger partial charge in [-0.1, -0.05) is 57.5 Å². The first-order valence-electron chi connectivity index (χ1n) is 18.7. The van der Waals surface area contributed by atoms with Crippen LogP contribution in [0.3, 0.4) is 0 Å². The summed E-state index contributed by atoms with van der Waals surface area (Å²) in [5.41, 5.74) is 0.325. The normalized spacial score (nSPS) is 33.1. The van der Waals surface area contributed by atoms with E-state index in [0.29, 0.717) is 13.0 Å². The van der Waals surface area contributed by atoms with E-state index in [1.807, 2.05) is 51.1 Å². The number of fused-ring (bicyclic) bond motifs is 1. The number of hydrogen-bond donors (Lipinski definition) is 3. The molecule has 9 nitrogen and oxygen atoms in total. The van der Waals surface area contributed by atoms with Crippen molar-refractivity contribution in [2.45, 2.75) is 128 Å². The van der Waals surface area contributed by atoms with E-state index >= 15 is 0 Å². The second-order valence-electron chi connectivity index (χ2n) is 17.6. The number of Topliss-reactive ketones (excluding diaryl/α,β-unsaturated/α-hetero) is 1. The first-order valence-corrected chi connectivity index (χ1v) is 18.7. The molecule has 7 fully saturated rings. The van der Waals surface area contributed by atoms with Crippen LogP contribution in [0.5, 0.6) is 0 Å². The van der Waals surface area contributed by atoms with Crippen LogP contribution in [0, 0.1) is 40.4 Å². The maximum atomic E-state index is 14.6. The Labute approximate surface area is 285 Å². The number of likely N-dealkylation sites (tertiary alicyclic amines) is 1. The van der Waals surface area contributed by atoms with Gasteiger partial charge >= 0.3 is 0 Å². The van der Waals surface area contributed by atoms with Crippen molar-refractivity contribution in [2.75, 3.05) is 6.54 Å². The Morgan fingerprint density at radius 3 is 2.12 bits per heavy atom. The quantitative estimate of drug-likeness (QED) is 0.306. The second-order valence-corrected chi connectivity index (χ2v) is 17.6. The minimum Gasteiger partial charge on any atom is -0.347 e. The summed E-state index contributed by atoms with van der Waals surface area (Å²) in [5.74, 6) is 0.376. The molecule has 8 rings (SSSR count). The topological polar surface area (TPSA) is 125 Å². The summed E-state index contributed by atoms with van der Waals surface area (Å²) in [6, 6.07) is 6.81. The highest BCUT2D eigenvalue weighted by Gasteiger charge is 2.54. The Bertz CT molecular complexity index is 1400. The van der Waals surface area contributed by atoms with Gasteiger partial charge in [-0.25, -0.2) is 0 Å². The summed E-state index contributed by atoms with van der Waals surface area (Å²) in [5, 5.41) is 8.93. The van der Waals surface area contributed by atoms with Gasteiger partial charge in [-0.3, -0.25) is 24.0 Å². The number of amides is 4. The van der Waals surface area contributed by atoms with Gasteiger partial charge in [0.1, 0.15) is 18.1 Å². The smallest absolute Gasteiger partial charge is 0.289 e. The maximum Gasteiger partial charge on any atom is 0.289 e. The zero-order valence-corrected chi connectivity index (χ0v) is 29.0. The van der Waals surface area contributed by atoms with Crippen molar-refractivity contribution in [1.29, 1.82) is 0 Å². The summed E-state index contributed by atoms with van der Waals surface area (Å²) in [6.45, 7) is 6.37. The van der Waals surface area contributed by atoms with Gasteiger partial charge in [-0.15, -0.1) is 0 Å². The monoisotopic (exact) mass is 658 g/mol. The number of benzene rings is 1. The van der Waals surface area contributed by atoms with E-state index in [1.54, 1.807) is 4.90 Å². The van der Waals surface area contributed by atoms with Crippen molar-refractivity contribution in [3.8, 4) is 0 Å². The lowest BCUT2D eigenvalue weighted by Gasteiger charge is -2.56. The standard InChI is InChI=1S/C39H54N4O5/c1-38(2,3)34(42-31(44)21-39-18-24-14-25(19-39)16-26(15-24)20-39)37(48)43-22-27-10-7-11-29(27)32(43)35(46)41-30(17-23-8-5-4-6-9-23)33(45)36(47)40-28-12-13-28/h4-6,8-9,24-30,32,34H,7,10-22H2,1-3H3,(H,40,47)(H,41,46)(H,42,44)/t24?,25?,26?,27-,29-,30-,32-,34+,39?/m0/s1. The number of carbonyl (C=O) groups excluding carboxylic acids is 5. The third kappa shape index (κ3) is 6.93. The molecule has 1 saturated heterocycles. The van der Waals surface area contributed by atoms with Crippen molar-refractivity contribution in [3.63, 3.8) is 0 Å². The molecular weight excluding hydrogens is 604 g/mol. The fourth-order valence-corrected chi connectivity index (χ4v) is 10.7. The van der Waals surface area contributed by atoms with Crippen molar-refractivity contribution in [2.24, 2.45) is 40.4 Å². The molecule has 260 valence electrons. The van der Waals surface area contributed by atoms with Crippen LogP contribution in [0.15, 0.2) is 30.3 Å². The average molecular weight is 659 g/mol. The van der Waals surface area contributed by atoms with Gasteiger partial charge in [0.25, 0.3) is 5.91 Å². The Morgan fingerprint density at radius 1 is 0.875 bits per heavy atom. The van der Waals surface area contributed by atoms with E-state index in [-0.39, 0.29) is 47.4 Å². The SMILES string of the molecule is CC(C)(C)[C@H](NC(=O)CC12CC3CC(CC(C3)C1)C2)C(=O)N1C[C@@H]2CCC[C@@H]2[C@H]1C(=O)N[C@@H](Cc1ccccc1)C(=O)C(=O)NC1CC1. The number of rotatable bonds is 11. The molecule has 0 radical (unpaired) electrons.